The molecule has 0 radical (unpaired) electrons. The molecule has 6 rings (SSSR count). The predicted molar refractivity (Wildman–Crippen MR) is 138 cm³/mol. The molecule has 4 heterocycles. The number of nitrogens with zero attached hydrogens (tertiary/aromatic N) is 6. The number of anilines is 1. The van der Waals surface area contributed by atoms with Crippen LogP contribution in [-0.2, 0) is 11.3 Å². The number of aromatic hydroxyl groups is 1. The number of hydrogen-bond acceptors (Lipinski definition) is 7. The van der Waals surface area contributed by atoms with Crippen LogP contribution >= 0.6 is 11.6 Å². The molecule has 3 fully saturated rings. The maximum Gasteiger partial charge on any atom is 0.207 e. The van der Waals surface area contributed by atoms with Gasteiger partial charge in [-0.15, -0.1) is 0 Å². The summed E-state index contributed by atoms with van der Waals surface area (Å²) in [4.78, 5) is 16.3. The summed E-state index contributed by atoms with van der Waals surface area (Å²) in [7, 11) is 0. The molecule has 0 aromatic carbocycles. The Hall–Kier alpha value is -2.89. The normalized spacial score (nSPS) is 26.2. The van der Waals surface area contributed by atoms with Crippen molar-refractivity contribution in [1.29, 1.82) is 5.26 Å². The zero-order chi connectivity index (χ0) is 24.8. The summed E-state index contributed by atoms with van der Waals surface area (Å²) in [6.07, 6.45) is 11.5. The van der Waals surface area contributed by atoms with Crippen molar-refractivity contribution in [3.8, 4) is 23.1 Å². The number of hydrogen-bond donors (Lipinski definition) is 1. The minimum atomic E-state index is -0.167. The van der Waals surface area contributed by atoms with Crippen LogP contribution in [0.1, 0.15) is 57.6 Å². The molecule has 0 spiro atoms. The maximum atomic E-state index is 11.1. The van der Waals surface area contributed by atoms with Gasteiger partial charge in [-0.05, 0) is 50.0 Å². The van der Waals surface area contributed by atoms with Crippen molar-refractivity contribution in [2.75, 3.05) is 18.1 Å². The number of fused-ring (bicyclic) bond motifs is 2. The molecule has 3 aromatic heterocycles. The number of nitriles is 1. The van der Waals surface area contributed by atoms with Crippen LogP contribution in [-0.4, -0.2) is 49.9 Å². The van der Waals surface area contributed by atoms with Crippen molar-refractivity contribution in [2.45, 2.75) is 70.6 Å². The molecule has 2 atom stereocenters. The van der Waals surface area contributed by atoms with Crippen molar-refractivity contribution < 1.29 is 9.84 Å². The van der Waals surface area contributed by atoms with E-state index >= 15 is 0 Å². The molecule has 1 aliphatic heterocycles. The van der Waals surface area contributed by atoms with Gasteiger partial charge in [-0.1, -0.05) is 31.4 Å². The molecule has 36 heavy (non-hydrogen) atoms. The van der Waals surface area contributed by atoms with Gasteiger partial charge in [0.1, 0.15) is 17.1 Å². The van der Waals surface area contributed by atoms with Gasteiger partial charge in [-0.25, -0.2) is 9.97 Å². The third kappa shape index (κ3) is 4.08. The van der Waals surface area contributed by atoms with Crippen LogP contribution in [0.5, 0.6) is 5.75 Å². The Morgan fingerprint density at radius 3 is 2.78 bits per heavy atom. The Morgan fingerprint density at radius 1 is 1.17 bits per heavy atom. The Morgan fingerprint density at radius 2 is 2.00 bits per heavy atom. The monoisotopic (exact) mass is 506 g/mol. The molecule has 188 valence electrons. The summed E-state index contributed by atoms with van der Waals surface area (Å²) in [5.74, 6) is 1.95. The van der Waals surface area contributed by atoms with E-state index in [1.54, 1.807) is 18.5 Å². The molecule has 3 aromatic rings. The van der Waals surface area contributed by atoms with Gasteiger partial charge >= 0.3 is 0 Å². The minimum Gasteiger partial charge on any atom is -0.503 e. The van der Waals surface area contributed by atoms with E-state index in [4.69, 9.17) is 21.3 Å². The van der Waals surface area contributed by atoms with Crippen LogP contribution < -0.4 is 4.90 Å². The third-order valence-electron chi connectivity index (χ3n) is 8.24. The first-order valence-corrected chi connectivity index (χ1v) is 13.4. The fourth-order valence-corrected chi connectivity index (χ4v) is 6.51. The molecule has 0 amide bonds. The summed E-state index contributed by atoms with van der Waals surface area (Å²) < 4.78 is 8.34. The molecule has 2 aliphatic carbocycles. The summed E-state index contributed by atoms with van der Waals surface area (Å²) in [6.45, 7) is 4.53. The van der Waals surface area contributed by atoms with Crippen LogP contribution in [0.25, 0.3) is 22.3 Å². The van der Waals surface area contributed by atoms with Crippen LogP contribution in [0.15, 0.2) is 18.5 Å². The highest BCUT2D eigenvalue weighted by atomic mass is 35.5. The highest BCUT2D eigenvalue weighted by Gasteiger charge is 2.39. The molecule has 2 saturated carbocycles. The number of halogens is 1. The predicted octanol–water partition coefficient (Wildman–Crippen LogP) is 5.31. The van der Waals surface area contributed by atoms with E-state index < -0.39 is 0 Å². The van der Waals surface area contributed by atoms with E-state index in [9.17, 15) is 10.4 Å². The second-order valence-corrected chi connectivity index (χ2v) is 11.0. The van der Waals surface area contributed by atoms with E-state index in [0.717, 1.165) is 49.7 Å². The van der Waals surface area contributed by atoms with Crippen molar-refractivity contribution in [3.05, 3.63) is 29.2 Å². The lowest BCUT2D eigenvalue weighted by Gasteiger charge is -2.39. The zero-order valence-electron chi connectivity index (χ0n) is 20.5. The van der Waals surface area contributed by atoms with Crippen molar-refractivity contribution >= 4 is 28.6 Å². The topological polar surface area (TPSA) is 100 Å². The lowest BCUT2D eigenvalue weighted by molar-refractivity contribution is 0.0247. The third-order valence-corrected chi connectivity index (χ3v) is 8.45. The second-order valence-electron chi connectivity index (χ2n) is 10.6. The van der Waals surface area contributed by atoms with Gasteiger partial charge in [-0.2, -0.15) is 5.26 Å². The molecule has 9 heteroatoms. The average Bonchev–Trinajstić information content (AvgIpc) is 3.51. The summed E-state index contributed by atoms with van der Waals surface area (Å²) in [5.41, 5.74) is 2.39. The average molecular weight is 507 g/mol. The highest BCUT2D eigenvalue weighted by molar-refractivity contribution is 6.30. The number of pyridine rings is 2. The zero-order valence-corrected chi connectivity index (χ0v) is 21.3. The van der Waals surface area contributed by atoms with Gasteiger partial charge in [-0.3, -0.25) is 4.98 Å². The lowest BCUT2D eigenvalue weighted by Crippen LogP contribution is -2.49. The molecule has 1 saturated heterocycles. The van der Waals surface area contributed by atoms with E-state index in [1.807, 2.05) is 6.07 Å². The Balaban J connectivity index is 1.57. The van der Waals surface area contributed by atoms with Crippen molar-refractivity contribution in [3.63, 3.8) is 0 Å². The van der Waals surface area contributed by atoms with E-state index in [-0.39, 0.29) is 23.6 Å². The number of morpholine rings is 1. The molecule has 3 aliphatic rings. The first kappa shape index (κ1) is 23.5. The highest BCUT2D eigenvalue weighted by Crippen LogP contribution is 2.41. The SMILES string of the molecule is CC1CCC(Cn2c(N3CCO[C@@H]4CCC[C@H]43)nc3c(O)c(C#N)nc(-c4cncc(Cl)c4)c32)CC1. The lowest BCUT2D eigenvalue weighted by atomic mass is 9.83. The number of rotatable bonds is 4. The molecular formula is C27H31ClN6O2. The fraction of sp³-hybridized carbons (Fsp3) is 0.556. The summed E-state index contributed by atoms with van der Waals surface area (Å²) in [6, 6.07) is 4.11. The summed E-state index contributed by atoms with van der Waals surface area (Å²) in [5, 5.41) is 21.3. The standard InChI is InChI=1S/C27H31ClN6O2/c1-16-5-7-17(8-6-16)15-34-25-23(18-11-19(28)14-30-13-18)31-20(12-29)26(35)24(25)32-27(34)33-9-10-36-22-4-2-3-21(22)33/h11,13-14,16-17,21-22,35H,2-10,15H2,1H3/t16?,17?,21-,22-/m1/s1. The summed E-state index contributed by atoms with van der Waals surface area (Å²) >= 11 is 6.30. The van der Waals surface area contributed by atoms with Gasteiger partial charge in [0.05, 0.1) is 29.5 Å². The Bertz CT molecular complexity index is 1330. The van der Waals surface area contributed by atoms with E-state index in [2.05, 4.69) is 26.4 Å². The van der Waals surface area contributed by atoms with E-state index in [0.29, 0.717) is 34.3 Å². The van der Waals surface area contributed by atoms with E-state index in [1.165, 1.54) is 25.7 Å². The second kappa shape index (κ2) is 9.53. The first-order valence-electron chi connectivity index (χ1n) is 13.1. The Kier molecular flexibility index (Phi) is 6.22. The van der Waals surface area contributed by atoms with Gasteiger partial charge in [0, 0.05) is 31.0 Å². The van der Waals surface area contributed by atoms with Crippen molar-refractivity contribution in [1.82, 2.24) is 19.5 Å². The molecule has 1 N–H and O–H groups in total. The number of aromatic nitrogens is 4. The smallest absolute Gasteiger partial charge is 0.207 e. The molecule has 8 nitrogen and oxygen atoms in total. The van der Waals surface area contributed by atoms with Crippen molar-refractivity contribution in [2.24, 2.45) is 11.8 Å². The Labute approximate surface area is 215 Å². The number of imidazole rings is 1. The van der Waals surface area contributed by atoms with Crippen LogP contribution in [0, 0.1) is 23.2 Å². The largest absolute Gasteiger partial charge is 0.503 e. The van der Waals surface area contributed by atoms with Gasteiger partial charge in [0.15, 0.2) is 11.4 Å². The minimum absolute atomic E-state index is 0.0408. The first-order chi connectivity index (χ1) is 17.5. The van der Waals surface area contributed by atoms with Gasteiger partial charge in [0.25, 0.3) is 0 Å². The fourth-order valence-electron chi connectivity index (χ4n) is 6.33. The van der Waals surface area contributed by atoms with Crippen LogP contribution in [0.4, 0.5) is 5.95 Å². The van der Waals surface area contributed by atoms with Crippen LogP contribution in [0.3, 0.4) is 0 Å². The molecule has 0 bridgehead atoms. The maximum absolute atomic E-state index is 11.1. The number of ether oxygens (including phenoxy) is 1. The van der Waals surface area contributed by atoms with Crippen LogP contribution in [0.2, 0.25) is 5.02 Å². The molecule has 0 unspecified atom stereocenters. The quantitative estimate of drug-likeness (QED) is 0.511. The molecular weight excluding hydrogens is 476 g/mol. The van der Waals surface area contributed by atoms with Gasteiger partial charge in [0.2, 0.25) is 5.95 Å². The van der Waals surface area contributed by atoms with Gasteiger partial charge < -0.3 is 19.3 Å².